The van der Waals surface area contributed by atoms with Crippen LogP contribution in [0.25, 0.3) is 0 Å². The van der Waals surface area contributed by atoms with Gasteiger partial charge in [0.2, 0.25) is 0 Å². The molecule has 80 valence electrons. The molecular formula is C11H19NOS. The number of hydrogen-bond acceptors (Lipinski definition) is 3. The average Bonchev–Trinajstić information content (AvgIpc) is 2.55. The van der Waals surface area contributed by atoms with Crippen LogP contribution in [-0.4, -0.2) is 29.2 Å². The van der Waals surface area contributed by atoms with Gasteiger partial charge in [0.25, 0.3) is 0 Å². The number of aliphatic hydroxyl groups is 1. The summed E-state index contributed by atoms with van der Waals surface area (Å²) in [5.74, 6) is 0. The van der Waals surface area contributed by atoms with Gasteiger partial charge in [0.15, 0.2) is 0 Å². The molecule has 14 heavy (non-hydrogen) atoms. The Morgan fingerprint density at radius 3 is 2.79 bits per heavy atom. The molecule has 1 rings (SSSR count). The monoisotopic (exact) mass is 213 g/mol. The lowest BCUT2D eigenvalue weighted by molar-refractivity contribution is 0.0218. The molecule has 0 aliphatic heterocycles. The Kier molecular flexibility index (Phi) is 4.11. The van der Waals surface area contributed by atoms with Gasteiger partial charge in [-0.05, 0) is 42.8 Å². The Morgan fingerprint density at radius 2 is 2.29 bits per heavy atom. The van der Waals surface area contributed by atoms with Gasteiger partial charge in [-0.25, -0.2) is 0 Å². The molecule has 0 spiro atoms. The normalized spacial score (nSPS) is 15.8. The summed E-state index contributed by atoms with van der Waals surface area (Å²) in [5, 5.41) is 14.1. The minimum absolute atomic E-state index is 0.565. The van der Waals surface area contributed by atoms with E-state index in [0.29, 0.717) is 0 Å². The lowest BCUT2D eigenvalue weighted by Gasteiger charge is -2.27. The van der Waals surface area contributed by atoms with Gasteiger partial charge in [-0.1, -0.05) is 6.92 Å². The predicted octanol–water partition coefficient (Wildman–Crippen LogP) is 2.34. The van der Waals surface area contributed by atoms with Crippen molar-refractivity contribution in [3.63, 3.8) is 0 Å². The molecule has 3 heteroatoms. The number of thiophene rings is 1. The maximum absolute atomic E-state index is 9.88. The Labute approximate surface area is 90.2 Å². The molecule has 1 atom stereocenters. The molecule has 0 bridgehead atoms. The highest BCUT2D eigenvalue weighted by Crippen LogP contribution is 2.13. The highest BCUT2D eigenvalue weighted by atomic mass is 32.1. The van der Waals surface area contributed by atoms with Crippen LogP contribution in [0.3, 0.4) is 0 Å². The zero-order valence-electron chi connectivity index (χ0n) is 9.16. The van der Waals surface area contributed by atoms with Gasteiger partial charge in [-0.15, -0.1) is 0 Å². The number of rotatable bonds is 5. The van der Waals surface area contributed by atoms with Crippen LogP contribution in [0, 0.1) is 0 Å². The zero-order valence-corrected chi connectivity index (χ0v) is 9.97. The molecule has 1 aromatic heterocycles. The fraction of sp³-hybridized carbons (Fsp3) is 0.636. The maximum Gasteiger partial charge on any atom is 0.0743 e. The first-order chi connectivity index (χ1) is 6.53. The van der Waals surface area contributed by atoms with Gasteiger partial charge >= 0.3 is 0 Å². The molecule has 0 aromatic carbocycles. The molecule has 0 saturated carbocycles. The first-order valence-electron chi connectivity index (χ1n) is 4.95. The van der Waals surface area contributed by atoms with Crippen LogP contribution in [0.4, 0.5) is 0 Å². The van der Waals surface area contributed by atoms with E-state index in [1.807, 2.05) is 20.9 Å². The van der Waals surface area contributed by atoms with E-state index in [-0.39, 0.29) is 0 Å². The van der Waals surface area contributed by atoms with Gasteiger partial charge in [-0.3, -0.25) is 4.90 Å². The third-order valence-corrected chi connectivity index (χ3v) is 3.14. The molecule has 1 aromatic rings. The lowest BCUT2D eigenvalue weighted by Crippen LogP contribution is -2.37. The van der Waals surface area contributed by atoms with Gasteiger partial charge in [0.1, 0.15) is 0 Å². The molecule has 0 saturated heterocycles. The minimum Gasteiger partial charge on any atom is -0.389 e. The Hall–Kier alpha value is -0.380. The summed E-state index contributed by atoms with van der Waals surface area (Å²) in [7, 11) is 2.04. The van der Waals surface area contributed by atoms with Crippen molar-refractivity contribution in [3.05, 3.63) is 22.4 Å². The molecule has 0 fully saturated rings. The van der Waals surface area contributed by atoms with Crippen LogP contribution in [0.2, 0.25) is 0 Å². The molecule has 1 N–H and O–H groups in total. The smallest absolute Gasteiger partial charge is 0.0743 e. The quantitative estimate of drug-likeness (QED) is 0.811. The van der Waals surface area contributed by atoms with Crippen molar-refractivity contribution >= 4 is 11.3 Å². The third-order valence-electron chi connectivity index (χ3n) is 2.40. The number of likely N-dealkylation sites (N-methyl/N-ethyl adjacent to an activating group) is 1. The molecule has 0 aliphatic rings. The van der Waals surface area contributed by atoms with E-state index >= 15 is 0 Å². The summed E-state index contributed by atoms with van der Waals surface area (Å²) in [6.45, 7) is 5.54. The maximum atomic E-state index is 9.88. The second-order valence-corrected chi connectivity index (χ2v) is 4.93. The average molecular weight is 213 g/mol. The molecule has 1 heterocycles. The van der Waals surface area contributed by atoms with Crippen molar-refractivity contribution < 1.29 is 5.11 Å². The van der Waals surface area contributed by atoms with Crippen molar-refractivity contribution in [1.29, 1.82) is 0 Å². The fourth-order valence-corrected chi connectivity index (χ4v) is 2.10. The Bertz CT molecular complexity index is 256. The van der Waals surface area contributed by atoms with E-state index in [1.165, 1.54) is 5.56 Å². The summed E-state index contributed by atoms with van der Waals surface area (Å²) in [6.07, 6.45) is 0.793. The van der Waals surface area contributed by atoms with Gasteiger partial charge in [0.05, 0.1) is 5.60 Å². The van der Waals surface area contributed by atoms with Crippen molar-refractivity contribution in [1.82, 2.24) is 4.90 Å². The summed E-state index contributed by atoms with van der Waals surface area (Å²) in [4.78, 5) is 2.16. The standard InChI is InChI=1S/C11H19NOS/c1-4-11(2,13)9-12(3)7-10-5-6-14-8-10/h5-6,8,13H,4,7,9H2,1-3H3. The molecule has 0 aliphatic carbocycles. The van der Waals surface area contributed by atoms with Crippen molar-refractivity contribution in [3.8, 4) is 0 Å². The topological polar surface area (TPSA) is 23.5 Å². The largest absolute Gasteiger partial charge is 0.389 e. The van der Waals surface area contributed by atoms with E-state index in [1.54, 1.807) is 11.3 Å². The van der Waals surface area contributed by atoms with E-state index in [2.05, 4.69) is 21.7 Å². The van der Waals surface area contributed by atoms with E-state index in [0.717, 1.165) is 19.5 Å². The van der Waals surface area contributed by atoms with Crippen molar-refractivity contribution in [2.45, 2.75) is 32.4 Å². The SMILES string of the molecule is CCC(C)(O)CN(C)Cc1ccsc1. The lowest BCUT2D eigenvalue weighted by atomic mass is 10.0. The van der Waals surface area contributed by atoms with Gasteiger partial charge in [0, 0.05) is 13.1 Å². The van der Waals surface area contributed by atoms with E-state index in [4.69, 9.17) is 0 Å². The van der Waals surface area contributed by atoms with Crippen LogP contribution in [0.5, 0.6) is 0 Å². The van der Waals surface area contributed by atoms with Crippen molar-refractivity contribution in [2.75, 3.05) is 13.6 Å². The second-order valence-electron chi connectivity index (χ2n) is 4.15. The molecular weight excluding hydrogens is 194 g/mol. The molecule has 1 unspecified atom stereocenters. The zero-order chi connectivity index (χ0) is 10.6. The van der Waals surface area contributed by atoms with Crippen molar-refractivity contribution in [2.24, 2.45) is 0 Å². The predicted molar refractivity (Wildman–Crippen MR) is 61.6 cm³/mol. The first kappa shape index (κ1) is 11.7. The van der Waals surface area contributed by atoms with Crippen LogP contribution in [-0.2, 0) is 6.54 Å². The highest BCUT2D eigenvalue weighted by molar-refractivity contribution is 7.07. The Balaban J connectivity index is 2.40. The molecule has 0 amide bonds. The number of nitrogens with zero attached hydrogens (tertiary/aromatic N) is 1. The van der Waals surface area contributed by atoms with E-state index < -0.39 is 5.60 Å². The second kappa shape index (κ2) is 4.91. The van der Waals surface area contributed by atoms with Crippen LogP contribution in [0.1, 0.15) is 25.8 Å². The Morgan fingerprint density at radius 1 is 1.57 bits per heavy atom. The number of hydrogen-bond donors (Lipinski definition) is 1. The minimum atomic E-state index is -0.565. The van der Waals surface area contributed by atoms with Crippen LogP contribution < -0.4 is 0 Å². The third kappa shape index (κ3) is 3.78. The summed E-state index contributed by atoms with van der Waals surface area (Å²) >= 11 is 1.72. The van der Waals surface area contributed by atoms with Gasteiger partial charge < -0.3 is 5.11 Å². The van der Waals surface area contributed by atoms with Crippen LogP contribution in [0.15, 0.2) is 16.8 Å². The fourth-order valence-electron chi connectivity index (χ4n) is 1.44. The summed E-state index contributed by atoms with van der Waals surface area (Å²) in [5.41, 5.74) is 0.759. The summed E-state index contributed by atoms with van der Waals surface area (Å²) < 4.78 is 0. The summed E-state index contributed by atoms with van der Waals surface area (Å²) in [6, 6.07) is 2.13. The molecule has 0 radical (unpaired) electrons. The van der Waals surface area contributed by atoms with Crippen LogP contribution >= 0.6 is 11.3 Å². The highest BCUT2D eigenvalue weighted by Gasteiger charge is 2.19. The van der Waals surface area contributed by atoms with E-state index in [9.17, 15) is 5.11 Å². The van der Waals surface area contributed by atoms with Gasteiger partial charge in [-0.2, -0.15) is 11.3 Å². The molecule has 2 nitrogen and oxygen atoms in total. The first-order valence-corrected chi connectivity index (χ1v) is 5.90.